The van der Waals surface area contributed by atoms with Crippen LogP contribution in [0.4, 0.5) is 4.39 Å². The van der Waals surface area contributed by atoms with E-state index in [1.54, 1.807) is 36.4 Å². The molecule has 2 aromatic heterocycles. The summed E-state index contributed by atoms with van der Waals surface area (Å²) < 4.78 is 19.1. The largest absolute Gasteiger partial charge is 0.437 e. The van der Waals surface area contributed by atoms with Crippen LogP contribution in [0.15, 0.2) is 60.2 Å². The smallest absolute Gasteiger partial charge is 0.231 e. The normalized spacial score (nSPS) is 10.6. The molecule has 0 aliphatic heterocycles. The maximum atomic E-state index is 13.2. The van der Waals surface area contributed by atoms with Gasteiger partial charge in [0.15, 0.2) is 0 Å². The molecule has 0 bridgehead atoms. The quantitative estimate of drug-likeness (QED) is 0.513. The van der Waals surface area contributed by atoms with Crippen molar-refractivity contribution in [2.24, 2.45) is 0 Å². The Labute approximate surface area is 146 Å². The summed E-state index contributed by atoms with van der Waals surface area (Å²) in [4.78, 5) is 9.28. The Morgan fingerprint density at radius 3 is 2.64 bits per heavy atom. The zero-order chi connectivity index (χ0) is 17.2. The van der Waals surface area contributed by atoms with Gasteiger partial charge in [0, 0.05) is 10.9 Å². The fourth-order valence-electron chi connectivity index (χ4n) is 2.52. The van der Waals surface area contributed by atoms with Crippen molar-refractivity contribution in [3.63, 3.8) is 0 Å². The van der Waals surface area contributed by atoms with Gasteiger partial charge in [-0.05, 0) is 29.8 Å². The fourth-order valence-corrected chi connectivity index (χ4v) is 3.43. The lowest BCUT2D eigenvalue weighted by Gasteiger charge is -2.08. The van der Waals surface area contributed by atoms with Gasteiger partial charge in [-0.25, -0.2) is 14.4 Å². The first-order chi connectivity index (χ1) is 12.3. The van der Waals surface area contributed by atoms with Crippen molar-refractivity contribution < 1.29 is 9.13 Å². The van der Waals surface area contributed by atoms with Crippen LogP contribution in [0.2, 0.25) is 0 Å². The molecule has 2 aromatic carbocycles. The van der Waals surface area contributed by atoms with Gasteiger partial charge in [0.05, 0.1) is 10.9 Å². The molecular formula is C19H10FN3OS. The molecule has 2 heterocycles. The van der Waals surface area contributed by atoms with Crippen LogP contribution in [-0.2, 0) is 0 Å². The summed E-state index contributed by atoms with van der Waals surface area (Å²) in [5, 5.41) is 11.9. The topological polar surface area (TPSA) is 58.8 Å². The molecule has 4 nitrogen and oxygen atoms in total. The Hall–Kier alpha value is -3.30. The Balaban J connectivity index is 1.86. The maximum Gasteiger partial charge on any atom is 0.231 e. The second-order valence-corrected chi connectivity index (χ2v) is 6.08. The molecule has 0 saturated heterocycles. The third-order valence-corrected chi connectivity index (χ3v) is 4.59. The number of halogens is 1. The van der Waals surface area contributed by atoms with Crippen LogP contribution >= 0.6 is 11.3 Å². The second-order valence-electron chi connectivity index (χ2n) is 5.23. The number of hydrogen-bond donors (Lipinski definition) is 0. The van der Waals surface area contributed by atoms with Crippen molar-refractivity contribution in [1.29, 1.82) is 5.26 Å². The number of thiophene rings is 1. The average molecular weight is 347 g/mol. The van der Waals surface area contributed by atoms with Gasteiger partial charge in [-0.3, -0.25) is 0 Å². The molecule has 4 aromatic rings. The third kappa shape index (κ3) is 2.82. The summed E-state index contributed by atoms with van der Waals surface area (Å²) in [6.07, 6.45) is 1.43. The van der Waals surface area contributed by atoms with E-state index in [0.717, 1.165) is 21.3 Å². The standard InChI is InChI=1S/C19H10FN3OS/c20-14-7-5-12(6-8-14)15-10-25-19-17(15)18(22-11-23-19)24-16-4-2-1-3-13(16)9-21/h1-8,10-11H. The van der Waals surface area contributed by atoms with Crippen molar-refractivity contribution >= 4 is 21.6 Å². The van der Waals surface area contributed by atoms with E-state index in [1.807, 2.05) is 5.38 Å². The molecule has 0 N–H and O–H groups in total. The predicted octanol–water partition coefficient (Wildman–Crippen LogP) is 5.16. The van der Waals surface area contributed by atoms with Crippen LogP contribution in [0.5, 0.6) is 11.6 Å². The van der Waals surface area contributed by atoms with E-state index >= 15 is 0 Å². The minimum Gasteiger partial charge on any atom is -0.437 e. The predicted molar refractivity (Wildman–Crippen MR) is 94.0 cm³/mol. The van der Waals surface area contributed by atoms with Gasteiger partial charge < -0.3 is 4.74 Å². The summed E-state index contributed by atoms with van der Waals surface area (Å²) in [5.74, 6) is 0.508. The number of rotatable bonds is 3. The van der Waals surface area contributed by atoms with Crippen LogP contribution in [0.3, 0.4) is 0 Å². The van der Waals surface area contributed by atoms with E-state index in [1.165, 1.54) is 29.8 Å². The number of nitriles is 1. The maximum absolute atomic E-state index is 13.2. The highest BCUT2D eigenvalue weighted by Gasteiger charge is 2.16. The summed E-state index contributed by atoms with van der Waals surface area (Å²) in [7, 11) is 0. The number of benzene rings is 2. The van der Waals surface area contributed by atoms with E-state index in [4.69, 9.17) is 4.74 Å². The molecule has 0 amide bonds. The molecule has 120 valence electrons. The van der Waals surface area contributed by atoms with Crippen molar-refractivity contribution in [3.8, 4) is 28.8 Å². The number of ether oxygens (including phenoxy) is 1. The average Bonchev–Trinajstić information content (AvgIpc) is 3.08. The first-order valence-corrected chi connectivity index (χ1v) is 8.29. The SMILES string of the molecule is N#Cc1ccccc1Oc1ncnc2scc(-c3ccc(F)cc3)c12. The molecule has 0 radical (unpaired) electrons. The van der Waals surface area contributed by atoms with E-state index < -0.39 is 0 Å². The Kier molecular flexibility index (Phi) is 3.84. The molecule has 0 saturated carbocycles. The van der Waals surface area contributed by atoms with E-state index in [9.17, 15) is 9.65 Å². The number of aromatic nitrogens is 2. The molecule has 0 fully saturated rings. The van der Waals surface area contributed by atoms with Crippen LogP contribution in [0.25, 0.3) is 21.3 Å². The zero-order valence-electron chi connectivity index (χ0n) is 12.8. The number of nitrogens with zero attached hydrogens (tertiary/aromatic N) is 3. The molecular weight excluding hydrogens is 337 g/mol. The van der Waals surface area contributed by atoms with Crippen molar-refractivity contribution in [3.05, 3.63) is 71.6 Å². The van der Waals surface area contributed by atoms with Gasteiger partial charge in [-0.1, -0.05) is 24.3 Å². The lowest BCUT2D eigenvalue weighted by atomic mass is 10.1. The first-order valence-electron chi connectivity index (χ1n) is 7.41. The van der Waals surface area contributed by atoms with Gasteiger partial charge >= 0.3 is 0 Å². The van der Waals surface area contributed by atoms with Gasteiger partial charge in [-0.2, -0.15) is 5.26 Å². The Bertz CT molecular complexity index is 1100. The van der Waals surface area contributed by atoms with E-state index in [0.29, 0.717) is 17.2 Å². The van der Waals surface area contributed by atoms with Crippen LogP contribution in [0, 0.1) is 17.1 Å². The molecule has 0 atom stereocenters. The van der Waals surface area contributed by atoms with Crippen molar-refractivity contribution in [2.45, 2.75) is 0 Å². The summed E-state index contributed by atoms with van der Waals surface area (Å²) in [6, 6.07) is 15.3. The molecule has 4 rings (SSSR count). The fraction of sp³-hybridized carbons (Fsp3) is 0. The van der Waals surface area contributed by atoms with Crippen molar-refractivity contribution in [1.82, 2.24) is 9.97 Å². The zero-order valence-corrected chi connectivity index (χ0v) is 13.6. The molecule has 6 heteroatoms. The monoisotopic (exact) mass is 347 g/mol. The van der Waals surface area contributed by atoms with Crippen LogP contribution in [0.1, 0.15) is 5.56 Å². The Morgan fingerprint density at radius 1 is 1.04 bits per heavy atom. The highest BCUT2D eigenvalue weighted by atomic mass is 32.1. The van der Waals surface area contributed by atoms with Gasteiger partial charge in [-0.15, -0.1) is 11.3 Å². The molecule has 0 unspecified atom stereocenters. The van der Waals surface area contributed by atoms with Gasteiger partial charge in [0.25, 0.3) is 0 Å². The highest BCUT2D eigenvalue weighted by molar-refractivity contribution is 7.17. The minimum absolute atomic E-state index is 0.293. The highest BCUT2D eigenvalue weighted by Crippen LogP contribution is 2.39. The molecule has 25 heavy (non-hydrogen) atoms. The number of fused-ring (bicyclic) bond motifs is 1. The summed E-state index contributed by atoms with van der Waals surface area (Å²) >= 11 is 1.46. The first kappa shape index (κ1) is 15.2. The van der Waals surface area contributed by atoms with E-state index in [-0.39, 0.29) is 5.82 Å². The molecule has 0 aliphatic carbocycles. The minimum atomic E-state index is -0.293. The van der Waals surface area contributed by atoms with E-state index in [2.05, 4.69) is 16.0 Å². The van der Waals surface area contributed by atoms with Crippen LogP contribution < -0.4 is 4.74 Å². The lowest BCUT2D eigenvalue weighted by molar-refractivity contribution is 0.467. The number of para-hydroxylation sites is 1. The molecule has 0 spiro atoms. The number of hydrogen-bond acceptors (Lipinski definition) is 5. The lowest BCUT2D eigenvalue weighted by Crippen LogP contribution is -1.92. The van der Waals surface area contributed by atoms with Gasteiger partial charge in [0.1, 0.15) is 28.8 Å². The summed E-state index contributed by atoms with van der Waals surface area (Å²) in [6.45, 7) is 0. The summed E-state index contributed by atoms with van der Waals surface area (Å²) in [5.41, 5.74) is 2.14. The molecule has 0 aliphatic rings. The van der Waals surface area contributed by atoms with Crippen molar-refractivity contribution in [2.75, 3.05) is 0 Å². The van der Waals surface area contributed by atoms with Gasteiger partial charge in [0.2, 0.25) is 5.88 Å². The Morgan fingerprint density at radius 2 is 1.84 bits per heavy atom. The second kappa shape index (κ2) is 6.30. The third-order valence-electron chi connectivity index (χ3n) is 3.70. The van der Waals surface area contributed by atoms with Crippen LogP contribution in [-0.4, -0.2) is 9.97 Å².